The Bertz CT molecular complexity index is 949. The summed E-state index contributed by atoms with van der Waals surface area (Å²) in [6, 6.07) is 0. The molecule has 2 unspecified atom stereocenters. The van der Waals surface area contributed by atoms with Crippen LogP contribution >= 0.6 is 0 Å². The fourth-order valence-electron chi connectivity index (χ4n) is 7.94. The second-order valence-corrected chi connectivity index (χ2v) is 11.5. The molecule has 3 saturated carbocycles. The van der Waals surface area contributed by atoms with E-state index in [1.165, 1.54) is 6.92 Å². The molecule has 3 fully saturated rings. The van der Waals surface area contributed by atoms with Crippen LogP contribution in [0.1, 0.15) is 99.3 Å². The normalized spacial score (nSPS) is 39.8. The van der Waals surface area contributed by atoms with E-state index in [4.69, 9.17) is 14.2 Å². The zero-order valence-corrected chi connectivity index (χ0v) is 22.3. The van der Waals surface area contributed by atoms with Crippen LogP contribution in [-0.2, 0) is 28.6 Å². The molecule has 0 saturated heterocycles. The third-order valence-electron chi connectivity index (χ3n) is 9.77. The lowest BCUT2D eigenvalue weighted by molar-refractivity contribution is -0.219. The molecule has 4 aliphatic carbocycles. The fourth-order valence-corrected chi connectivity index (χ4v) is 7.94. The molecule has 6 nitrogen and oxygen atoms in total. The molecule has 7 atom stereocenters. The molecule has 0 aromatic carbocycles. The summed E-state index contributed by atoms with van der Waals surface area (Å²) < 4.78 is 18.4. The Balaban J connectivity index is 1.89. The van der Waals surface area contributed by atoms with Gasteiger partial charge in [0, 0.05) is 31.6 Å². The topological polar surface area (TPSA) is 78.9 Å². The van der Waals surface area contributed by atoms with Crippen LogP contribution in [0.25, 0.3) is 0 Å². The highest BCUT2D eigenvalue weighted by Crippen LogP contribution is 2.68. The van der Waals surface area contributed by atoms with Gasteiger partial charge in [-0.25, -0.2) is 0 Å². The summed E-state index contributed by atoms with van der Waals surface area (Å²) in [7, 11) is 0. The Morgan fingerprint density at radius 3 is 2.31 bits per heavy atom. The minimum Gasteiger partial charge on any atom is -0.462 e. The largest absolute Gasteiger partial charge is 0.462 e. The van der Waals surface area contributed by atoms with Gasteiger partial charge in [0.2, 0.25) is 0 Å². The molecular weight excluding hydrogens is 444 g/mol. The van der Waals surface area contributed by atoms with Gasteiger partial charge in [0.05, 0.1) is 0 Å². The molecule has 4 aliphatic rings. The van der Waals surface area contributed by atoms with E-state index in [1.54, 1.807) is 6.92 Å². The van der Waals surface area contributed by atoms with E-state index in [2.05, 4.69) is 32.9 Å². The van der Waals surface area contributed by atoms with Crippen molar-refractivity contribution in [1.29, 1.82) is 0 Å². The maximum Gasteiger partial charge on any atom is 0.306 e. The number of allylic oxidation sites excluding steroid dienone is 2. The predicted molar refractivity (Wildman–Crippen MR) is 132 cm³/mol. The zero-order valence-electron chi connectivity index (χ0n) is 22.3. The minimum absolute atomic E-state index is 0.0158. The van der Waals surface area contributed by atoms with E-state index in [0.717, 1.165) is 30.4 Å². The lowest BCUT2D eigenvalue weighted by atomic mass is 9.47. The lowest BCUT2D eigenvalue weighted by Crippen LogP contribution is -2.68. The van der Waals surface area contributed by atoms with Crippen LogP contribution in [0.2, 0.25) is 0 Å². The third kappa shape index (κ3) is 3.95. The number of esters is 3. The quantitative estimate of drug-likeness (QED) is 0.347. The number of ether oxygens (including phenoxy) is 3. The van der Waals surface area contributed by atoms with E-state index in [0.29, 0.717) is 31.6 Å². The highest BCUT2D eigenvalue weighted by atomic mass is 16.6. The average molecular weight is 487 g/mol. The van der Waals surface area contributed by atoms with Gasteiger partial charge >= 0.3 is 17.9 Å². The number of fused-ring (bicyclic) bond motifs is 5. The summed E-state index contributed by atoms with van der Waals surface area (Å²) in [5, 5.41) is 0. The zero-order chi connectivity index (χ0) is 25.6. The first-order valence-corrected chi connectivity index (χ1v) is 13.6. The molecule has 0 N–H and O–H groups in total. The van der Waals surface area contributed by atoms with Gasteiger partial charge in [-0.15, -0.1) is 0 Å². The molecule has 0 bridgehead atoms. The SMILES string of the molecule is CCC(=O)OC1C[C@]2(C)[C@@H](CC)CC[C@H]2C2=CC=C3CC(OC(C)=O)CC[C@]3(C)[C@]21OC(=O)CC. The molecule has 35 heavy (non-hydrogen) atoms. The van der Waals surface area contributed by atoms with E-state index in [1.807, 2.05) is 6.92 Å². The van der Waals surface area contributed by atoms with Crippen LogP contribution in [0, 0.1) is 22.7 Å². The minimum atomic E-state index is -1.04. The average Bonchev–Trinajstić information content (AvgIpc) is 3.15. The molecular formula is C29H42O6. The van der Waals surface area contributed by atoms with Gasteiger partial charge in [-0.1, -0.05) is 58.8 Å². The summed E-state index contributed by atoms with van der Waals surface area (Å²) >= 11 is 0. The molecule has 0 aliphatic heterocycles. The monoisotopic (exact) mass is 486 g/mol. The number of hydrogen-bond donors (Lipinski definition) is 0. The summed E-state index contributed by atoms with van der Waals surface area (Å²) in [5.74, 6) is -0.00375. The number of carbonyl (C=O) groups is 3. The number of hydrogen-bond acceptors (Lipinski definition) is 6. The van der Waals surface area contributed by atoms with Crippen LogP contribution < -0.4 is 0 Å². The van der Waals surface area contributed by atoms with Gasteiger partial charge in [0.25, 0.3) is 0 Å². The first-order chi connectivity index (χ1) is 16.6. The first-order valence-electron chi connectivity index (χ1n) is 13.6. The van der Waals surface area contributed by atoms with Crippen molar-refractivity contribution in [3.63, 3.8) is 0 Å². The molecule has 6 heteroatoms. The van der Waals surface area contributed by atoms with Crippen molar-refractivity contribution in [1.82, 2.24) is 0 Å². The summed E-state index contributed by atoms with van der Waals surface area (Å²) in [6.07, 6.45) is 10.0. The first kappa shape index (κ1) is 26.0. The van der Waals surface area contributed by atoms with Gasteiger partial charge in [-0.3, -0.25) is 14.4 Å². The number of rotatable bonds is 6. The standard InChI is InChI=1S/C29H42O6/c1-7-19-10-12-22-23-13-11-20-16-21(33-18(4)30)14-15-28(20,6)29(23,35-26(32)9-3)24(17-27(19,22)5)34-25(31)8-2/h11,13,19,21-22,24H,7-10,12,14-17H2,1-6H3/t19-,21?,22-,24?,27+,28-,29-/m0/s1. The van der Waals surface area contributed by atoms with E-state index < -0.39 is 17.1 Å². The van der Waals surface area contributed by atoms with Gasteiger partial charge in [-0.05, 0) is 54.9 Å². The van der Waals surface area contributed by atoms with Gasteiger partial charge in [0.1, 0.15) is 12.2 Å². The van der Waals surface area contributed by atoms with Crippen LogP contribution in [0.3, 0.4) is 0 Å². The van der Waals surface area contributed by atoms with Crippen molar-refractivity contribution in [3.8, 4) is 0 Å². The fraction of sp³-hybridized carbons (Fsp3) is 0.759. The van der Waals surface area contributed by atoms with Gasteiger partial charge in [-0.2, -0.15) is 0 Å². The Morgan fingerprint density at radius 2 is 1.69 bits per heavy atom. The molecule has 0 aromatic rings. The van der Waals surface area contributed by atoms with Gasteiger partial charge < -0.3 is 14.2 Å². The Morgan fingerprint density at radius 1 is 0.971 bits per heavy atom. The molecule has 0 heterocycles. The molecule has 0 amide bonds. The molecule has 0 aromatic heterocycles. The van der Waals surface area contributed by atoms with E-state index in [-0.39, 0.29) is 48.2 Å². The lowest BCUT2D eigenvalue weighted by Gasteiger charge is -2.62. The van der Waals surface area contributed by atoms with Crippen LogP contribution in [-0.4, -0.2) is 35.7 Å². The van der Waals surface area contributed by atoms with Crippen molar-refractivity contribution in [3.05, 3.63) is 23.3 Å². The Hall–Kier alpha value is -2.11. The van der Waals surface area contributed by atoms with Gasteiger partial charge in [0.15, 0.2) is 5.60 Å². The Labute approximate surface area is 209 Å². The second-order valence-electron chi connectivity index (χ2n) is 11.5. The van der Waals surface area contributed by atoms with E-state index >= 15 is 0 Å². The maximum absolute atomic E-state index is 13.1. The molecule has 194 valence electrons. The van der Waals surface area contributed by atoms with Crippen LogP contribution in [0.5, 0.6) is 0 Å². The van der Waals surface area contributed by atoms with E-state index in [9.17, 15) is 14.4 Å². The smallest absolute Gasteiger partial charge is 0.306 e. The highest BCUT2D eigenvalue weighted by molar-refractivity contribution is 5.72. The summed E-state index contributed by atoms with van der Waals surface area (Å²) in [6.45, 7) is 11.8. The molecule has 4 rings (SSSR count). The Kier molecular flexibility index (Phi) is 6.98. The summed E-state index contributed by atoms with van der Waals surface area (Å²) in [5.41, 5.74) is 0.633. The van der Waals surface area contributed by atoms with Crippen LogP contribution in [0.4, 0.5) is 0 Å². The van der Waals surface area contributed by atoms with Crippen LogP contribution in [0.15, 0.2) is 23.3 Å². The highest BCUT2D eigenvalue weighted by Gasteiger charge is 2.70. The molecule has 0 spiro atoms. The second kappa shape index (κ2) is 9.40. The third-order valence-corrected chi connectivity index (χ3v) is 9.77. The summed E-state index contributed by atoms with van der Waals surface area (Å²) in [4.78, 5) is 37.5. The van der Waals surface area contributed by atoms with Crippen molar-refractivity contribution in [2.75, 3.05) is 0 Å². The van der Waals surface area contributed by atoms with Crippen molar-refractivity contribution in [2.24, 2.45) is 22.7 Å². The predicted octanol–water partition coefficient (Wildman–Crippen LogP) is 5.83. The molecule has 0 radical (unpaired) electrons. The maximum atomic E-state index is 13.1. The number of carbonyl (C=O) groups excluding carboxylic acids is 3. The van der Waals surface area contributed by atoms with Crippen molar-refractivity contribution >= 4 is 17.9 Å². The van der Waals surface area contributed by atoms with Crippen molar-refractivity contribution in [2.45, 2.75) is 117 Å². The van der Waals surface area contributed by atoms with Crippen molar-refractivity contribution < 1.29 is 28.6 Å².